The van der Waals surface area contributed by atoms with Gasteiger partial charge in [-0.25, -0.2) is 0 Å². The Labute approximate surface area is 112 Å². The fourth-order valence-corrected chi connectivity index (χ4v) is 1.64. The molecule has 1 N–H and O–H groups in total. The third kappa shape index (κ3) is 3.19. The van der Waals surface area contributed by atoms with Crippen LogP contribution in [-0.2, 0) is 4.79 Å². The Balaban J connectivity index is 2.14. The number of hydrogen-bond acceptors (Lipinski definition) is 4. The average molecular weight is 259 g/mol. The lowest BCUT2D eigenvalue weighted by molar-refractivity contribution is -0.121. The fourth-order valence-electron chi connectivity index (χ4n) is 1.64. The standard InChI is InChI=1S/C14H17N3O2/c1-4-12(18)15-10(3)14-16-13(17-19-14)11-7-5-9(2)6-8-11/h5-8,10H,4H2,1-3H3,(H,15,18)/t10-/m1/s1. The first-order chi connectivity index (χ1) is 9.10. The van der Waals surface area contributed by atoms with E-state index < -0.39 is 0 Å². The van der Waals surface area contributed by atoms with Gasteiger partial charge in [-0.3, -0.25) is 4.79 Å². The van der Waals surface area contributed by atoms with Crippen LogP contribution < -0.4 is 5.32 Å². The van der Waals surface area contributed by atoms with Crippen LogP contribution in [0.2, 0.25) is 0 Å². The molecule has 100 valence electrons. The molecule has 0 bridgehead atoms. The van der Waals surface area contributed by atoms with Crippen molar-refractivity contribution in [3.05, 3.63) is 35.7 Å². The molecule has 0 spiro atoms. The molecule has 19 heavy (non-hydrogen) atoms. The quantitative estimate of drug-likeness (QED) is 0.916. The van der Waals surface area contributed by atoms with Crippen LogP contribution >= 0.6 is 0 Å². The van der Waals surface area contributed by atoms with Gasteiger partial charge < -0.3 is 9.84 Å². The minimum atomic E-state index is -0.279. The number of nitrogens with zero attached hydrogens (tertiary/aromatic N) is 2. The zero-order valence-electron chi connectivity index (χ0n) is 11.3. The molecule has 5 nitrogen and oxygen atoms in total. The maximum Gasteiger partial charge on any atom is 0.249 e. The van der Waals surface area contributed by atoms with E-state index in [2.05, 4.69) is 15.5 Å². The molecular weight excluding hydrogens is 242 g/mol. The minimum absolute atomic E-state index is 0.0393. The smallest absolute Gasteiger partial charge is 0.249 e. The van der Waals surface area contributed by atoms with E-state index in [1.807, 2.05) is 38.1 Å². The molecule has 1 atom stereocenters. The Kier molecular flexibility index (Phi) is 3.94. The third-order valence-corrected chi connectivity index (χ3v) is 2.82. The van der Waals surface area contributed by atoms with Crippen molar-refractivity contribution in [2.75, 3.05) is 0 Å². The molecule has 2 rings (SSSR count). The SMILES string of the molecule is CCC(=O)N[C@H](C)c1nc(-c2ccc(C)cc2)no1. The molecule has 0 saturated carbocycles. The summed E-state index contributed by atoms with van der Waals surface area (Å²) in [6, 6.07) is 7.60. The van der Waals surface area contributed by atoms with Crippen molar-refractivity contribution in [2.45, 2.75) is 33.2 Å². The van der Waals surface area contributed by atoms with Gasteiger partial charge in [-0.15, -0.1) is 0 Å². The van der Waals surface area contributed by atoms with Gasteiger partial charge in [0, 0.05) is 12.0 Å². The largest absolute Gasteiger partial charge is 0.345 e. The molecule has 5 heteroatoms. The van der Waals surface area contributed by atoms with E-state index in [4.69, 9.17) is 4.52 Å². The van der Waals surface area contributed by atoms with E-state index >= 15 is 0 Å². The molecule has 1 aromatic heterocycles. The number of carbonyl (C=O) groups excluding carboxylic acids is 1. The second-order valence-electron chi connectivity index (χ2n) is 4.47. The molecule has 0 aliphatic carbocycles. The first-order valence-corrected chi connectivity index (χ1v) is 6.30. The highest BCUT2D eigenvalue weighted by molar-refractivity contribution is 5.75. The maximum atomic E-state index is 11.3. The summed E-state index contributed by atoms with van der Waals surface area (Å²) in [6.07, 6.45) is 0.434. The van der Waals surface area contributed by atoms with E-state index in [1.54, 1.807) is 6.92 Å². The number of aromatic nitrogens is 2. The number of nitrogens with one attached hydrogen (secondary N) is 1. The van der Waals surface area contributed by atoms with Crippen LogP contribution in [0.15, 0.2) is 28.8 Å². The highest BCUT2D eigenvalue weighted by atomic mass is 16.5. The van der Waals surface area contributed by atoms with Crippen molar-refractivity contribution < 1.29 is 9.32 Å². The molecule has 0 fully saturated rings. The molecular formula is C14H17N3O2. The predicted molar refractivity (Wildman–Crippen MR) is 71.3 cm³/mol. The first kappa shape index (κ1) is 13.3. The molecule has 0 aliphatic rings. The summed E-state index contributed by atoms with van der Waals surface area (Å²) in [7, 11) is 0. The van der Waals surface area contributed by atoms with E-state index in [0.717, 1.165) is 5.56 Å². The Bertz CT molecular complexity index is 560. The number of rotatable bonds is 4. The van der Waals surface area contributed by atoms with Gasteiger partial charge in [-0.2, -0.15) is 4.98 Å². The monoisotopic (exact) mass is 259 g/mol. The minimum Gasteiger partial charge on any atom is -0.345 e. The van der Waals surface area contributed by atoms with Crippen molar-refractivity contribution in [3.8, 4) is 11.4 Å². The lowest BCUT2D eigenvalue weighted by Gasteiger charge is -2.07. The highest BCUT2D eigenvalue weighted by Crippen LogP contribution is 2.19. The van der Waals surface area contributed by atoms with Crippen molar-refractivity contribution in [1.29, 1.82) is 0 Å². The summed E-state index contributed by atoms with van der Waals surface area (Å²) in [5, 5.41) is 6.72. The molecule has 0 radical (unpaired) electrons. The normalized spacial score (nSPS) is 12.2. The van der Waals surface area contributed by atoms with Crippen LogP contribution in [0.1, 0.15) is 37.8 Å². The van der Waals surface area contributed by atoms with Crippen LogP contribution in [-0.4, -0.2) is 16.0 Å². The van der Waals surface area contributed by atoms with Crippen molar-refractivity contribution in [2.24, 2.45) is 0 Å². The second kappa shape index (κ2) is 5.65. The number of amides is 1. The molecule has 0 unspecified atom stereocenters. The number of benzene rings is 1. The van der Waals surface area contributed by atoms with Gasteiger partial charge in [0.2, 0.25) is 17.6 Å². The van der Waals surface area contributed by atoms with Gasteiger partial charge >= 0.3 is 0 Å². The molecule has 2 aromatic rings. The predicted octanol–water partition coefficient (Wildman–Crippen LogP) is 2.63. The number of hydrogen-bond donors (Lipinski definition) is 1. The topological polar surface area (TPSA) is 68.0 Å². The Hall–Kier alpha value is -2.17. The summed E-state index contributed by atoms with van der Waals surface area (Å²) in [4.78, 5) is 15.6. The van der Waals surface area contributed by atoms with Crippen LogP contribution in [0.3, 0.4) is 0 Å². The lowest BCUT2D eigenvalue weighted by Crippen LogP contribution is -2.25. The zero-order chi connectivity index (χ0) is 13.8. The van der Waals surface area contributed by atoms with Gasteiger partial charge in [0.15, 0.2) is 0 Å². The molecule has 1 amide bonds. The Morgan fingerprint density at radius 3 is 2.68 bits per heavy atom. The highest BCUT2D eigenvalue weighted by Gasteiger charge is 2.16. The average Bonchev–Trinajstić information content (AvgIpc) is 2.89. The summed E-state index contributed by atoms with van der Waals surface area (Å²) >= 11 is 0. The summed E-state index contributed by atoms with van der Waals surface area (Å²) < 4.78 is 5.18. The summed E-state index contributed by atoms with van der Waals surface area (Å²) in [5.41, 5.74) is 2.07. The van der Waals surface area contributed by atoms with Crippen molar-refractivity contribution >= 4 is 5.91 Å². The van der Waals surface area contributed by atoms with E-state index in [1.165, 1.54) is 5.56 Å². The van der Waals surface area contributed by atoms with E-state index in [-0.39, 0.29) is 11.9 Å². The van der Waals surface area contributed by atoms with Crippen LogP contribution in [0.5, 0.6) is 0 Å². The number of carbonyl (C=O) groups is 1. The van der Waals surface area contributed by atoms with Crippen LogP contribution in [0.4, 0.5) is 0 Å². The van der Waals surface area contributed by atoms with Crippen molar-refractivity contribution in [3.63, 3.8) is 0 Å². The number of aryl methyl sites for hydroxylation is 1. The zero-order valence-corrected chi connectivity index (χ0v) is 11.3. The Morgan fingerprint density at radius 1 is 1.37 bits per heavy atom. The fraction of sp³-hybridized carbons (Fsp3) is 0.357. The van der Waals surface area contributed by atoms with Gasteiger partial charge in [-0.05, 0) is 13.8 Å². The molecule has 0 aliphatic heterocycles. The first-order valence-electron chi connectivity index (χ1n) is 6.30. The van der Waals surface area contributed by atoms with E-state index in [9.17, 15) is 4.79 Å². The van der Waals surface area contributed by atoms with Crippen molar-refractivity contribution in [1.82, 2.24) is 15.5 Å². The summed E-state index contributed by atoms with van der Waals surface area (Å²) in [6.45, 7) is 5.64. The van der Waals surface area contributed by atoms with Crippen LogP contribution in [0, 0.1) is 6.92 Å². The van der Waals surface area contributed by atoms with Gasteiger partial charge in [-0.1, -0.05) is 41.9 Å². The molecule has 1 aromatic carbocycles. The van der Waals surface area contributed by atoms with Gasteiger partial charge in [0.25, 0.3) is 0 Å². The molecule has 1 heterocycles. The van der Waals surface area contributed by atoms with E-state index in [0.29, 0.717) is 18.1 Å². The van der Waals surface area contributed by atoms with Gasteiger partial charge in [0.1, 0.15) is 6.04 Å². The second-order valence-corrected chi connectivity index (χ2v) is 4.47. The Morgan fingerprint density at radius 2 is 2.05 bits per heavy atom. The van der Waals surface area contributed by atoms with Gasteiger partial charge in [0.05, 0.1) is 0 Å². The lowest BCUT2D eigenvalue weighted by atomic mass is 10.1. The molecule has 0 saturated heterocycles. The maximum absolute atomic E-state index is 11.3. The van der Waals surface area contributed by atoms with Crippen LogP contribution in [0.25, 0.3) is 11.4 Å². The third-order valence-electron chi connectivity index (χ3n) is 2.82. The summed E-state index contributed by atoms with van der Waals surface area (Å²) in [5.74, 6) is 0.910.